The van der Waals surface area contributed by atoms with Gasteiger partial charge in [0, 0.05) is 6.04 Å². The Morgan fingerprint density at radius 1 is 1.00 bits per heavy atom. The predicted octanol–water partition coefficient (Wildman–Crippen LogP) is 3.94. The molecule has 0 radical (unpaired) electrons. The third-order valence-corrected chi connectivity index (χ3v) is 3.15. The number of nitrogens with zero attached hydrogens (tertiary/aromatic N) is 1. The molecule has 100 valence electrons. The molecule has 0 amide bonds. The zero-order valence-corrected chi connectivity index (χ0v) is 11.5. The van der Waals surface area contributed by atoms with Crippen LogP contribution in [-0.4, -0.2) is 6.04 Å². The maximum Gasteiger partial charge on any atom is 0.115 e. The first-order chi connectivity index (χ1) is 9.79. The molecule has 2 heteroatoms. The van der Waals surface area contributed by atoms with E-state index >= 15 is 0 Å². The fourth-order valence-electron chi connectivity index (χ4n) is 2.01. The van der Waals surface area contributed by atoms with Crippen molar-refractivity contribution >= 4 is 6.08 Å². The Labute approximate surface area is 120 Å². The lowest BCUT2D eigenvalue weighted by Crippen LogP contribution is -2.28. The van der Waals surface area contributed by atoms with E-state index in [1.54, 1.807) is 0 Å². The van der Waals surface area contributed by atoms with E-state index in [1.165, 1.54) is 5.56 Å². The highest BCUT2D eigenvalue weighted by atomic mass is 14.9. The highest BCUT2D eigenvalue weighted by Crippen LogP contribution is 2.12. The van der Waals surface area contributed by atoms with Crippen LogP contribution < -0.4 is 5.32 Å². The van der Waals surface area contributed by atoms with Gasteiger partial charge in [-0.2, -0.15) is 5.26 Å². The lowest BCUT2D eigenvalue weighted by Gasteiger charge is -2.16. The van der Waals surface area contributed by atoms with Gasteiger partial charge < -0.3 is 0 Å². The van der Waals surface area contributed by atoms with E-state index in [9.17, 15) is 5.26 Å². The Bertz CT molecular complexity index is 582. The van der Waals surface area contributed by atoms with E-state index in [2.05, 4.69) is 30.4 Å². The third-order valence-electron chi connectivity index (χ3n) is 3.15. The highest BCUT2D eigenvalue weighted by molar-refractivity contribution is 5.50. The molecule has 0 saturated heterocycles. The molecule has 2 rings (SSSR count). The van der Waals surface area contributed by atoms with E-state index in [0.29, 0.717) is 0 Å². The molecule has 2 nitrogen and oxygen atoms in total. The summed E-state index contributed by atoms with van der Waals surface area (Å²) in [5.74, 6) is 0. The van der Waals surface area contributed by atoms with Crippen molar-refractivity contribution in [3.63, 3.8) is 0 Å². The van der Waals surface area contributed by atoms with Crippen LogP contribution in [0.2, 0.25) is 0 Å². The first-order valence-electron chi connectivity index (χ1n) is 6.73. The summed E-state index contributed by atoms with van der Waals surface area (Å²) in [7, 11) is 0. The molecule has 1 N–H and O–H groups in total. The first-order valence-corrected chi connectivity index (χ1v) is 6.73. The second-order valence-electron chi connectivity index (χ2n) is 4.68. The number of nitriles is 1. The summed E-state index contributed by atoms with van der Waals surface area (Å²) in [5.41, 5.74) is 2.28. The van der Waals surface area contributed by atoms with Crippen LogP contribution in [0.15, 0.2) is 66.7 Å². The van der Waals surface area contributed by atoms with Crippen molar-refractivity contribution in [3.05, 3.63) is 77.9 Å². The maximum atomic E-state index is 9.24. The van der Waals surface area contributed by atoms with Gasteiger partial charge in [-0.3, -0.25) is 5.32 Å². The van der Waals surface area contributed by atoms with E-state index < -0.39 is 0 Å². The predicted molar refractivity (Wildman–Crippen MR) is 82.9 cm³/mol. The molecule has 20 heavy (non-hydrogen) atoms. The molecule has 2 aromatic rings. The van der Waals surface area contributed by atoms with E-state index in [-0.39, 0.29) is 12.1 Å². The van der Waals surface area contributed by atoms with Crippen LogP contribution in [0.25, 0.3) is 6.08 Å². The van der Waals surface area contributed by atoms with Crippen LogP contribution in [0.5, 0.6) is 0 Å². The molecule has 2 atom stereocenters. The van der Waals surface area contributed by atoms with Crippen molar-refractivity contribution in [1.82, 2.24) is 5.32 Å². The normalized spacial score (nSPS) is 13.8. The first kappa shape index (κ1) is 14.0. The molecule has 0 aliphatic carbocycles. The second kappa shape index (κ2) is 7.28. The average molecular weight is 262 g/mol. The van der Waals surface area contributed by atoms with E-state index in [4.69, 9.17) is 0 Å². The zero-order chi connectivity index (χ0) is 14.2. The van der Waals surface area contributed by atoms with E-state index in [0.717, 1.165) is 5.56 Å². The Hall–Kier alpha value is -2.37. The van der Waals surface area contributed by atoms with Gasteiger partial charge in [0.25, 0.3) is 0 Å². The number of hydrogen-bond acceptors (Lipinski definition) is 2. The van der Waals surface area contributed by atoms with Gasteiger partial charge in [0.15, 0.2) is 0 Å². The molecule has 0 aliphatic heterocycles. The molecular formula is C18H18N2. The SMILES string of the molecule is C[C@@H](N[C@@H](C#N)/C=C/c1ccccc1)c1ccccc1. The van der Waals surface area contributed by atoms with Gasteiger partial charge in [-0.1, -0.05) is 72.8 Å². The molecule has 0 aliphatic rings. The Kier molecular flexibility index (Phi) is 5.11. The van der Waals surface area contributed by atoms with Crippen molar-refractivity contribution in [2.75, 3.05) is 0 Å². The molecule has 0 aromatic heterocycles. The van der Waals surface area contributed by atoms with Crippen molar-refractivity contribution in [1.29, 1.82) is 5.26 Å². The number of rotatable bonds is 5. The quantitative estimate of drug-likeness (QED) is 0.885. The van der Waals surface area contributed by atoms with Gasteiger partial charge in [0.2, 0.25) is 0 Å². The summed E-state index contributed by atoms with van der Waals surface area (Å²) >= 11 is 0. The number of benzene rings is 2. The summed E-state index contributed by atoms with van der Waals surface area (Å²) in [6.45, 7) is 2.07. The largest absolute Gasteiger partial charge is 0.292 e. The minimum Gasteiger partial charge on any atom is -0.292 e. The minimum absolute atomic E-state index is 0.140. The van der Waals surface area contributed by atoms with Gasteiger partial charge in [0.05, 0.1) is 6.07 Å². The molecule has 0 saturated carbocycles. The van der Waals surface area contributed by atoms with Crippen LogP contribution in [0.1, 0.15) is 24.1 Å². The Balaban J connectivity index is 2.00. The van der Waals surface area contributed by atoms with Gasteiger partial charge in [-0.15, -0.1) is 0 Å². The molecular weight excluding hydrogens is 244 g/mol. The summed E-state index contributed by atoms with van der Waals surface area (Å²) in [4.78, 5) is 0. The van der Waals surface area contributed by atoms with Crippen molar-refractivity contribution in [2.24, 2.45) is 0 Å². The van der Waals surface area contributed by atoms with Crippen molar-refractivity contribution < 1.29 is 0 Å². The summed E-state index contributed by atoms with van der Waals surface area (Å²) < 4.78 is 0. The summed E-state index contributed by atoms with van der Waals surface area (Å²) in [6, 6.07) is 22.2. The summed E-state index contributed by atoms with van der Waals surface area (Å²) in [6.07, 6.45) is 3.87. The van der Waals surface area contributed by atoms with Crippen LogP contribution >= 0.6 is 0 Å². The monoisotopic (exact) mass is 262 g/mol. The topological polar surface area (TPSA) is 35.8 Å². The summed E-state index contributed by atoms with van der Waals surface area (Å²) in [5, 5.41) is 12.5. The second-order valence-corrected chi connectivity index (χ2v) is 4.68. The van der Waals surface area contributed by atoms with Gasteiger partial charge in [-0.05, 0) is 18.1 Å². The minimum atomic E-state index is -0.301. The number of hydrogen-bond donors (Lipinski definition) is 1. The third kappa shape index (κ3) is 4.08. The number of nitrogens with one attached hydrogen (secondary N) is 1. The van der Waals surface area contributed by atoms with Gasteiger partial charge in [0.1, 0.15) is 6.04 Å². The molecule has 0 heterocycles. The highest BCUT2D eigenvalue weighted by Gasteiger charge is 2.09. The standard InChI is InChI=1S/C18H18N2/c1-15(17-10-6-3-7-11-17)20-18(14-19)13-12-16-8-4-2-5-9-16/h2-13,15,18,20H,1H3/b13-12+/t15-,18-/m1/s1. The van der Waals surface area contributed by atoms with Crippen molar-refractivity contribution in [3.8, 4) is 6.07 Å². The van der Waals surface area contributed by atoms with Crippen molar-refractivity contribution in [2.45, 2.75) is 19.0 Å². The zero-order valence-electron chi connectivity index (χ0n) is 11.5. The Morgan fingerprint density at radius 2 is 1.60 bits per heavy atom. The van der Waals surface area contributed by atoms with Gasteiger partial charge >= 0.3 is 0 Å². The Morgan fingerprint density at radius 3 is 2.20 bits per heavy atom. The average Bonchev–Trinajstić information content (AvgIpc) is 2.53. The fraction of sp³-hybridized carbons (Fsp3) is 0.167. The maximum absolute atomic E-state index is 9.24. The lowest BCUT2D eigenvalue weighted by atomic mass is 10.1. The van der Waals surface area contributed by atoms with Crippen LogP contribution in [0, 0.1) is 11.3 Å². The molecule has 0 unspecified atom stereocenters. The smallest absolute Gasteiger partial charge is 0.115 e. The van der Waals surface area contributed by atoms with Gasteiger partial charge in [-0.25, -0.2) is 0 Å². The molecule has 2 aromatic carbocycles. The van der Waals surface area contributed by atoms with Crippen LogP contribution in [0.3, 0.4) is 0 Å². The molecule has 0 bridgehead atoms. The lowest BCUT2D eigenvalue weighted by molar-refractivity contribution is 0.570. The fourth-order valence-corrected chi connectivity index (χ4v) is 2.01. The molecule has 0 fully saturated rings. The van der Waals surface area contributed by atoms with Crippen LogP contribution in [-0.2, 0) is 0 Å². The van der Waals surface area contributed by atoms with E-state index in [1.807, 2.05) is 60.7 Å². The molecule has 0 spiro atoms. The van der Waals surface area contributed by atoms with Crippen LogP contribution in [0.4, 0.5) is 0 Å².